The lowest BCUT2D eigenvalue weighted by Gasteiger charge is -2.40. The van der Waals surface area contributed by atoms with Crippen LogP contribution in [0.4, 0.5) is 13.2 Å². The quantitative estimate of drug-likeness (QED) is 0.805. The number of likely N-dealkylation sites (tertiary alicyclic amines) is 1. The highest BCUT2D eigenvalue weighted by Gasteiger charge is 2.29. The molecule has 1 amide bonds. The number of hydrogen-bond donors (Lipinski definition) is 1. The zero-order valence-corrected chi connectivity index (χ0v) is 13.7. The van der Waals surface area contributed by atoms with Crippen molar-refractivity contribution in [2.24, 2.45) is 0 Å². The van der Waals surface area contributed by atoms with Gasteiger partial charge in [0.1, 0.15) is 6.54 Å². The number of alkyl halides is 3. The molecule has 2 rings (SSSR count). The molecular weight excluding hydrogens is 309 g/mol. The third-order valence-corrected chi connectivity index (χ3v) is 4.71. The average molecular weight is 336 g/mol. The van der Waals surface area contributed by atoms with Crippen LogP contribution in [0.2, 0.25) is 0 Å². The largest absolute Gasteiger partial charge is 0.405 e. The van der Waals surface area contributed by atoms with Crippen LogP contribution >= 0.6 is 0 Å². The molecule has 0 aliphatic carbocycles. The molecule has 23 heavy (non-hydrogen) atoms. The lowest BCUT2D eigenvalue weighted by Crippen LogP contribution is -2.53. The van der Waals surface area contributed by atoms with Gasteiger partial charge in [0, 0.05) is 38.8 Å². The average Bonchev–Trinajstić information content (AvgIpc) is 2.49. The molecule has 0 saturated carbocycles. The first-order valence-corrected chi connectivity index (χ1v) is 8.32. The van der Waals surface area contributed by atoms with Crippen molar-refractivity contribution in [3.05, 3.63) is 0 Å². The molecule has 2 aliphatic heterocycles. The summed E-state index contributed by atoms with van der Waals surface area (Å²) in [6.07, 6.45) is -0.556. The van der Waals surface area contributed by atoms with Gasteiger partial charge in [-0.25, -0.2) is 0 Å². The van der Waals surface area contributed by atoms with Crippen LogP contribution < -0.4 is 5.32 Å². The second kappa shape index (κ2) is 8.30. The van der Waals surface area contributed by atoms with E-state index in [4.69, 9.17) is 0 Å². The Labute approximate surface area is 135 Å². The minimum absolute atomic E-state index is 0.0489. The Morgan fingerprint density at radius 3 is 2.35 bits per heavy atom. The van der Waals surface area contributed by atoms with E-state index < -0.39 is 18.6 Å². The number of nitrogens with zero attached hydrogens (tertiary/aromatic N) is 3. The SMILES string of the molecule is CN1CCCC[C@H]1CN1CCN(CC(=O)NCC(F)(F)F)CC1. The summed E-state index contributed by atoms with van der Waals surface area (Å²) in [5.41, 5.74) is 0. The molecule has 0 spiro atoms. The number of piperazine rings is 1. The Morgan fingerprint density at radius 1 is 1.09 bits per heavy atom. The molecule has 2 fully saturated rings. The molecule has 2 aliphatic rings. The van der Waals surface area contributed by atoms with E-state index in [2.05, 4.69) is 16.8 Å². The molecule has 2 heterocycles. The van der Waals surface area contributed by atoms with Gasteiger partial charge in [-0.05, 0) is 26.4 Å². The number of hydrogen-bond acceptors (Lipinski definition) is 4. The summed E-state index contributed by atoms with van der Waals surface area (Å²) in [5, 5.41) is 1.93. The summed E-state index contributed by atoms with van der Waals surface area (Å²) in [6.45, 7) is 4.21. The Bertz CT molecular complexity index is 383. The number of rotatable bonds is 5. The fourth-order valence-electron chi connectivity index (χ4n) is 3.26. The van der Waals surface area contributed by atoms with E-state index in [1.54, 1.807) is 0 Å². The molecule has 134 valence electrons. The van der Waals surface area contributed by atoms with Crippen LogP contribution in [0.15, 0.2) is 0 Å². The maximum atomic E-state index is 12.1. The number of nitrogens with one attached hydrogen (secondary N) is 1. The lowest BCUT2D eigenvalue weighted by atomic mass is 10.0. The Balaban J connectivity index is 1.64. The van der Waals surface area contributed by atoms with Gasteiger partial charge in [0.15, 0.2) is 0 Å². The summed E-state index contributed by atoms with van der Waals surface area (Å²) in [5.74, 6) is -0.553. The van der Waals surface area contributed by atoms with Crippen molar-refractivity contribution in [2.75, 3.05) is 59.4 Å². The van der Waals surface area contributed by atoms with Crippen molar-refractivity contribution in [1.29, 1.82) is 0 Å². The van der Waals surface area contributed by atoms with Gasteiger partial charge in [0.05, 0.1) is 6.54 Å². The molecular formula is C15H27F3N4O. The second-order valence-corrected chi connectivity index (χ2v) is 6.60. The number of carbonyl (C=O) groups is 1. The molecule has 0 aromatic heterocycles. The van der Waals surface area contributed by atoms with Crippen LogP contribution in [-0.4, -0.2) is 92.2 Å². The highest BCUT2D eigenvalue weighted by Crippen LogP contribution is 2.17. The fourth-order valence-corrected chi connectivity index (χ4v) is 3.26. The van der Waals surface area contributed by atoms with Crippen molar-refractivity contribution in [1.82, 2.24) is 20.0 Å². The third-order valence-electron chi connectivity index (χ3n) is 4.71. The number of piperidine rings is 1. The van der Waals surface area contributed by atoms with E-state index in [0.29, 0.717) is 6.04 Å². The van der Waals surface area contributed by atoms with Crippen molar-refractivity contribution in [3.8, 4) is 0 Å². The van der Waals surface area contributed by atoms with Crippen molar-refractivity contribution >= 4 is 5.91 Å². The van der Waals surface area contributed by atoms with Crippen LogP contribution in [0.1, 0.15) is 19.3 Å². The normalized spacial score (nSPS) is 25.5. The van der Waals surface area contributed by atoms with Gasteiger partial charge in [0.25, 0.3) is 0 Å². The zero-order chi connectivity index (χ0) is 16.9. The van der Waals surface area contributed by atoms with Gasteiger partial charge >= 0.3 is 6.18 Å². The Kier molecular flexibility index (Phi) is 6.67. The summed E-state index contributed by atoms with van der Waals surface area (Å²) < 4.78 is 36.2. The summed E-state index contributed by atoms with van der Waals surface area (Å²) in [7, 11) is 2.17. The Hall–Kier alpha value is -0.860. The van der Waals surface area contributed by atoms with E-state index in [1.807, 2.05) is 10.2 Å². The van der Waals surface area contributed by atoms with Gasteiger partial charge in [-0.1, -0.05) is 6.42 Å². The van der Waals surface area contributed by atoms with Crippen LogP contribution in [0.5, 0.6) is 0 Å². The molecule has 5 nitrogen and oxygen atoms in total. The molecule has 0 bridgehead atoms. The summed E-state index contributed by atoms with van der Waals surface area (Å²) >= 11 is 0. The highest BCUT2D eigenvalue weighted by atomic mass is 19.4. The fraction of sp³-hybridized carbons (Fsp3) is 0.933. The molecule has 0 aromatic carbocycles. The predicted octanol–water partition coefficient (Wildman–Crippen LogP) is 0.767. The molecule has 0 aromatic rings. The van der Waals surface area contributed by atoms with E-state index in [9.17, 15) is 18.0 Å². The minimum atomic E-state index is -4.35. The van der Waals surface area contributed by atoms with Crippen LogP contribution in [0.25, 0.3) is 0 Å². The maximum absolute atomic E-state index is 12.1. The first kappa shape index (κ1) is 18.5. The van der Waals surface area contributed by atoms with Crippen molar-refractivity contribution in [3.63, 3.8) is 0 Å². The number of carbonyl (C=O) groups excluding carboxylic acids is 1. The maximum Gasteiger partial charge on any atom is 0.405 e. The summed E-state index contributed by atoms with van der Waals surface area (Å²) in [6, 6.07) is 0.602. The van der Waals surface area contributed by atoms with Gasteiger partial charge < -0.3 is 10.2 Å². The Morgan fingerprint density at radius 2 is 1.74 bits per heavy atom. The van der Waals surface area contributed by atoms with Crippen molar-refractivity contribution < 1.29 is 18.0 Å². The number of amides is 1. The first-order valence-electron chi connectivity index (χ1n) is 8.32. The molecule has 2 saturated heterocycles. The zero-order valence-electron chi connectivity index (χ0n) is 13.7. The van der Waals surface area contributed by atoms with Crippen LogP contribution in [-0.2, 0) is 4.79 Å². The topological polar surface area (TPSA) is 38.8 Å². The molecule has 1 atom stereocenters. The smallest absolute Gasteiger partial charge is 0.346 e. The summed E-state index contributed by atoms with van der Waals surface area (Å²) in [4.78, 5) is 18.3. The number of halogens is 3. The highest BCUT2D eigenvalue weighted by molar-refractivity contribution is 5.78. The third kappa shape index (κ3) is 6.64. The van der Waals surface area contributed by atoms with Crippen molar-refractivity contribution in [2.45, 2.75) is 31.5 Å². The molecule has 1 N–H and O–H groups in total. The van der Waals surface area contributed by atoms with Gasteiger partial charge in [-0.2, -0.15) is 13.2 Å². The van der Waals surface area contributed by atoms with E-state index in [-0.39, 0.29) is 6.54 Å². The van der Waals surface area contributed by atoms with Gasteiger partial charge in [0.2, 0.25) is 5.91 Å². The minimum Gasteiger partial charge on any atom is -0.346 e. The lowest BCUT2D eigenvalue weighted by molar-refractivity contribution is -0.139. The molecule has 8 heteroatoms. The monoisotopic (exact) mass is 336 g/mol. The van der Waals surface area contributed by atoms with Gasteiger partial charge in [-0.15, -0.1) is 0 Å². The molecule has 0 unspecified atom stereocenters. The van der Waals surface area contributed by atoms with Crippen LogP contribution in [0, 0.1) is 0 Å². The van der Waals surface area contributed by atoms with E-state index in [0.717, 1.165) is 39.3 Å². The van der Waals surface area contributed by atoms with Gasteiger partial charge in [-0.3, -0.25) is 14.6 Å². The van der Waals surface area contributed by atoms with Crippen LogP contribution in [0.3, 0.4) is 0 Å². The van der Waals surface area contributed by atoms with E-state index in [1.165, 1.54) is 19.3 Å². The first-order chi connectivity index (χ1) is 10.8. The number of likely N-dealkylation sites (N-methyl/N-ethyl adjacent to an activating group) is 1. The predicted molar refractivity (Wildman–Crippen MR) is 82.2 cm³/mol. The second-order valence-electron chi connectivity index (χ2n) is 6.60. The van der Waals surface area contributed by atoms with E-state index >= 15 is 0 Å². The standard InChI is InChI=1S/C15H27F3N4O/c1-20-5-3-2-4-13(20)10-21-6-8-22(9-7-21)11-14(23)19-12-15(16,17)18/h13H,2-12H2,1H3,(H,19,23)/t13-/m0/s1. The molecule has 0 radical (unpaired) electrons.